The van der Waals surface area contributed by atoms with Gasteiger partial charge in [-0.1, -0.05) is 111 Å². The number of imidazole rings is 3. The second-order valence-corrected chi connectivity index (χ2v) is 13.7. The number of pyridine rings is 1. The van der Waals surface area contributed by atoms with Crippen LogP contribution < -0.4 is 0 Å². The van der Waals surface area contributed by atoms with Crippen molar-refractivity contribution < 1.29 is 0 Å². The molecule has 6 aromatic rings. The number of hydrogen-bond acceptors (Lipinski definition) is 5. The highest BCUT2D eigenvalue weighted by atomic mass is 15.3. The lowest BCUT2D eigenvalue weighted by Crippen LogP contribution is -2.02. The molecular formula is C40H64N8. The Kier molecular flexibility index (Phi) is 15.6. The molecule has 0 unspecified atom stereocenters. The van der Waals surface area contributed by atoms with E-state index >= 15 is 0 Å². The number of fused-ring (bicyclic) bond motifs is 3. The van der Waals surface area contributed by atoms with Crippen molar-refractivity contribution in [3.05, 3.63) is 95.5 Å². The smallest absolute Gasteiger partial charge is 0.159 e. The molecule has 6 rings (SSSR count). The average Bonchev–Trinajstić information content (AvgIpc) is 3.73. The molecule has 0 spiro atoms. The maximum atomic E-state index is 4.52. The van der Waals surface area contributed by atoms with Gasteiger partial charge < -0.3 is 8.80 Å². The van der Waals surface area contributed by atoms with Crippen LogP contribution in [0.4, 0.5) is 0 Å². The standard InChI is InChI=1S/C13H18N2.2C12H17N3.3CH4/c1-9(2)11-6-5-7-15-12(10(3)4)8-14-13(11)15;1-8(2)10-7-14-12-11(9(3)4)13-5-6-15(10)12;1-8(2)10-5-6-14-15-11(9(3)4)7-13-12(10)15;;;/h5-10H,1-4H3;2*5-9H,1-4H3;3*1H4. The van der Waals surface area contributed by atoms with Gasteiger partial charge in [0.25, 0.3) is 0 Å². The normalized spacial score (nSPS) is 11.1. The Bertz CT molecular complexity index is 1620. The van der Waals surface area contributed by atoms with Gasteiger partial charge in [-0.15, -0.1) is 0 Å². The fourth-order valence-corrected chi connectivity index (χ4v) is 5.50. The Morgan fingerprint density at radius 3 is 1.46 bits per heavy atom. The summed E-state index contributed by atoms with van der Waals surface area (Å²) in [6.07, 6.45) is 13.7. The quantitative estimate of drug-likeness (QED) is 0.178. The highest BCUT2D eigenvalue weighted by Gasteiger charge is 2.14. The highest BCUT2D eigenvalue weighted by molar-refractivity contribution is 5.51. The molecule has 0 saturated heterocycles. The van der Waals surface area contributed by atoms with Gasteiger partial charge in [0.1, 0.15) is 5.65 Å². The van der Waals surface area contributed by atoms with E-state index in [-0.39, 0.29) is 22.3 Å². The van der Waals surface area contributed by atoms with Crippen LogP contribution in [0.3, 0.4) is 0 Å². The van der Waals surface area contributed by atoms with Crippen molar-refractivity contribution in [1.29, 1.82) is 0 Å². The van der Waals surface area contributed by atoms with Crippen LogP contribution in [0.5, 0.6) is 0 Å². The Morgan fingerprint density at radius 1 is 0.458 bits per heavy atom. The fourth-order valence-electron chi connectivity index (χ4n) is 5.50. The zero-order valence-corrected chi connectivity index (χ0v) is 29.3. The number of nitrogens with zero attached hydrogens (tertiary/aromatic N) is 8. The lowest BCUT2D eigenvalue weighted by atomic mass is 10.1. The van der Waals surface area contributed by atoms with Gasteiger partial charge in [-0.2, -0.15) is 5.10 Å². The van der Waals surface area contributed by atoms with Gasteiger partial charge in [0, 0.05) is 54.1 Å². The van der Waals surface area contributed by atoms with E-state index in [0.29, 0.717) is 35.5 Å². The second kappa shape index (κ2) is 17.9. The van der Waals surface area contributed by atoms with Gasteiger partial charge in [0.15, 0.2) is 11.3 Å². The topological polar surface area (TPSA) is 77.7 Å². The van der Waals surface area contributed by atoms with Crippen LogP contribution in [0, 0.1) is 0 Å². The summed E-state index contributed by atoms with van der Waals surface area (Å²) in [4.78, 5) is 17.8. The summed E-state index contributed by atoms with van der Waals surface area (Å²) in [5.41, 5.74) is 10.5. The first kappa shape index (κ1) is 42.0. The minimum absolute atomic E-state index is 0. The van der Waals surface area contributed by atoms with Crippen molar-refractivity contribution in [3.63, 3.8) is 0 Å². The maximum absolute atomic E-state index is 4.52. The van der Waals surface area contributed by atoms with Crippen LogP contribution in [0.25, 0.3) is 16.9 Å². The Hall–Kier alpha value is -4.07. The molecule has 0 aliphatic rings. The van der Waals surface area contributed by atoms with Crippen molar-refractivity contribution >= 4 is 16.9 Å². The number of hydrogen-bond donors (Lipinski definition) is 0. The van der Waals surface area contributed by atoms with Gasteiger partial charge in [-0.3, -0.25) is 4.98 Å². The predicted molar refractivity (Wildman–Crippen MR) is 206 cm³/mol. The number of rotatable bonds is 6. The molecule has 0 aliphatic carbocycles. The monoisotopic (exact) mass is 657 g/mol. The van der Waals surface area contributed by atoms with Gasteiger partial charge in [-0.05, 0) is 53.2 Å². The van der Waals surface area contributed by atoms with Crippen LogP contribution in [-0.4, -0.2) is 38.4 Å². The minimum Gasteiger partial charge on any atom is -0.304 e. The lowest BCUT2D eigenvalue weighted by molar-refractivity contribution is 0.749. The van der Waals surface area contributed by atoms with Gasteiger partial charge >= 0.3 is 0 Å². The summed E-state index contributed by atoms with van der Waals surface area (Å²) in [7, 11) is 0. The molecule has 8 nitrogen and oxygen atoms in total. The van der Waals surface area contributed by atoms with Crippen LogP contribution >= 0.6 is 0 Å². The van der Waals surface area contributed by atoms with E-state index in [2.05, 4.69) is 141 Å². The van der Waals surface area contributed by atoms with E-state index in [1.54, 1.807) is 0 Å². The molecule has 8 heteroatoms. The van der Waals surface area contributed by atoms with E-state index in [0.717, 1.165) is 22.6 Å². The number of aromatic nitrogens is 8. The van der Waals surface area contributed by atoms with E-state index < -0.39 is 0 Å². The van der Waals surface area contributed by atoms with E-state index in [4.69, 9.17) is 0 Å². The molecule has 6 heterocycles. The highest BCUT2D eigenvalue weighted by Crippen LogP contribution is 2.24. The molecule has 0 aliphatic heterocycles. The predicted octanol–water partition coefficient (Wildman–Crippen LogP) is 11.4. The third-order valence-corrected chi connectivity index (χ3v) is 8.10. The molecular weight excluding hydrogens is 592 g/mol. The maximum Gasteiger partial charge on any atom is 0.159 e. The van der Waals surface area contributed by atoms with E-state index in [1.807, 2.05) is 41.7 Å². The molecule has 48 heavy (non-hydrogen) atoms. The zero-order valence-electron chi connectivity index (χ0n) is 29.3. The second-order valence-electron chi connectivity index (χ2n) is 13.7. The molecule has 264 valence electrons. The van der Waals surface area contributed by atoms with Gasteiger partial charge in [0.2, 0.25) is 0 Å². The molecule has 0 atom stereocenters. The molecule has 0 N–H and O–H groups in total. The first-order valence-electron chi connectivity index (χ1n) is 16.4. The van der Waals surface area contributed by atoms with Crippen molar-refractivity contribution in [1.82, 2.24) is 38.4 Å². The molecule has 0 bridgehead atoms. The van der Waals surface area contributed by atoms with Crippen LogP contribution in [0.2, 0.25) is 0 Å². The first-order valence-corrected chi connectivity index (χ1v) is 16.4. The van der Waals surface area contributed by atoms with Crippen LogP contribution in [0.1, 0.15) is 175 Å². The first-order chi connectivity index (χ1) is 21.3. The lowest BCUT2D eigenvalue weighted by Gasteiger charge is -2.09. The molecule has 0 fully saturated rings. The van der Waals surface area contributed by atoms with Crippen LogP contribution in [0.15, 0.2) is 61.6 Å². The third kappa shape index (κ3) is 8.88. The summed E-state index contributed by atoms with van der Waals surface area (Å²) >= 11 is 0. The minimum atomic E-state index is 0. The SMILES string of the molecule is C.C.C.CC(C)c1cccn2c(C(C)C)cnc12.CC(C)c1ccnn2c(C(C)C)cnc12.CC(C)c1nccn2c(C(C)C)cnc12. The van der Waals surface area contributed by atoms with Crippen molar-refractivity contribution in [2.75, 3.05) is 0 Å². The molecule has 6 aromatic heterocycles. The van der Waals surface area contributed by atoms with Crippen LogP contribution in [-0.2, 0) is 0 Å². The van der Waals surface area contributed by atoms with Crippen molar-refractivity contribution in [2.45, 2.75) is 141 Å². The summed E-state index contributed by atoms with van der Waals surface area (Å²) in [5.74, 6) is 2.88. The molecule has 0 radical (unpaired) electrons. The third-order valence-electron chi connectivity index (χ3n) is 8.10. The summed E-state index contributed by atoms with van der Waals surface area (Å²) in [6, 6.07) is 6.32. The van der Waals surface area contributed by atoms with Gasteiger partial charge in [0.05, 0.1) is 17.6 Å². The molecule has 0 aromatic carbocycles. The van der Waals surface area contributed by atoms with Gasteiger partial charge in [-0.25, -0.2) is 19.5 Å². The molecule has 0 amide bonds. The fraction of sp³-hybridized carbons (Fsp3) is 0.525. The average molecular weight is 657 g/mol. The van der Waals surface area contributed by atoms with Crippen molar-refractivity contribution in [3.8, 4) is 0 Å². The Labute approximate surface area is 291 Å². The Morgan fingerprint density at radius 2 is 0.938 bits per heavy atom. The summed E-state index contributed by atoms with van der Waals surface area (Å²) in [5, 5.41) is 4.36. The largest absolute Gasteiger partial charge is 0.304 e. The molecule has 0 saturated carbocycles. The van der Waals surface area contributed by atoms with E-state index in [9.17, 15) is 0 Å². The summed E-state index contributed by atoms with van der Waals surface area (Å²) < 4.78 is 6.31. The summed E-state index contributed by atoms with van der Waals surface area (Å²) in [6.45, 7) is 26.1. The van der Waals surface area contributed by atoms with E-state index in [1.165, 1.54) is 28.2 Å². The van der Waals surface area contributed by atoms with Crippen molar-refractivity contribution in [2.24, 2.45) is 0 Å². The zero-order chi connectivity index (χ0) is 33.0. The Balaban J connectivity index is 0.000000349.